The van der Waals surface area contributed by atoms with Gasteiger partial charge in [0, 0.05) is 6.54 Å². The summed E-state index contributed by atoms with van der Waals surface area (Å²) in [4.78, 5) is 11.8. The van der Waals surface area contributed by atoms with Gasteiger partial charge in [0.2, 0.25) is 0 Å². The van der Waals surface area contributed by atoms with Crippen molar-refractivity contribution in [3.05, 3.63) is 108 Å². The van der Waals surface area contributed by atoms with Crippen LogP contribution in [0.1, 0.15) is 16.7 Å². The monoisotopic (exact) mass is 551 g/mol. The van der Waals surface area contributed by atoms with Gasteiger partial charge in [-0.1, -0.05) is 91.0 Å². The van der Waals surface area contributed by atoms with Crippen molar-refractivity contribution < 1.29 is 38.3 Å². The first-order valence-electron chi connectivity index (χ1n) is 13.4. The standard InChI is InChI=1S/C31H37NO8/c33-28-27(23-36-20-24-10-4-1-5-11-24)40-30(29(28)38-21-25-12-6-2-7-13-25)37-19-18-35-17-16-32-31(34)39-22-26-14-8-3-9-15-26/h1-15,27-30,33H,16-23H2,(H,32,34)/t27-,28-,29-,30-/m1/s1. The Hall–Kier alpha value is -3.31. The van der Waals surface area contributed by atoms with Gasteiger partial charge in [-0.15, -0.1) is 0 Å². The van der Waals surface area contributed by atoms with E-state index in [2.05, 4.69) is 5.32 Å². The lowest BCUT2D eigenvalue weighted by Gasteiger charge is -2.21. The van der Waals surface area contributed by atoms with Crippen molar-refractivity contribution in [2.75, 3.05) is 33.0 Å². The first-order valence-corrected chi connectivity index (χ1v) is 13.4. The molecule has 2 N–H and O–H groups in total. The number of hydrogen-bond donors (Lipinski definition) is 2. The van der Waals surface area contributed by atoms with Crippen LogP contribution in [0, 0.1) is 0 Å². The van der Waals surface area contributed by atoms with E-state index in [1.54, 1.807) is 0 Å². The van der Waals surface area contributed by atoms with Crippen molar-refractivity contribution in [1.29, 1.82) is 0 Å². The van der Waals surface area contributed by atoms with Crippen molar-refractivity contribution >= 4 is 6.09 Å². The molecule has 1 heterocycles. The fraction of sp³-hybridized carbons (Fsp3) is 0.387. The molecule has 3 aromatic carbocycles. The van der Waals surface area contributed by atoms with Crippen LogP contribution < -0.4 is 5.32 Å². The Morgan fingerprint density at radius 2 is 1.32 bits per heavy atom. The van der Waals surface area contributed by atoms with E-state index in [-0.39, 0.29) is 26.4 Å². The van der Waals surface area contributed by atoms with Crippen LogP contribution in [0.15, 0.2) is 91.0 Å². The smallest absolute Gasteiger partial charge is 0.407 e. The lowest BCUT2D eigenvalue weighted by molar-refractivity contribution is -0.189. The molecule has 0 aliphatic carbocycles. The third-order valence-corrected chi connectivity index (χ3v) is 6.21. The summed E-state index contributed by atoms with van der Waals surface area (Å²) in [6.45, 7) is 2.22. The van der Waals surface area contributed by atoms with Crippen molar-refractivity contribution in [3.8, 4) is 0 Å². The van der Waals surface area contributed by atoms with Crippen molar-refractivity contribution in [1.82, 2.24) is 5.32 Å². The molecule has 9 nitrogen and oxygen atoms in total. The van der Waals surface area contributed by atoms with Crippen LogP contribution in [0.2, 0.25) is 0 Å². The predicted octanol–water partition coefficient (Wildman–Crippen LogP) is 3.83. The van der Waals surface area contributed by atoms with Gasteiger partial charge in [0.15, 0.2) is 6.29 Å². The summed E-state index contributed by atoms with van der Waals surface area (Å²) in [6, 6.07) is 29.0. The molecule has 4 rings (SSSR count). The summed E-state index contributed by atoms with van der Waals surface area (Å²) >= 11 is 0. The number of ether oxygens (including phenoxy) is 6. The SMILES string of the molecule is O=C(NCCOCCO[C@@H]1O[C@H](COCc2ccccc2)[C@@H](O)[C@H]1OCc1ccccc1)OCc1ccccc1. The van der Waals surface area contributed by atoms with Crippen LogP contribution in [0.4, 0.5) is 4.79 Å². The Bertz CT molecular complexity index is 1100. The minimum absolute atomic E-state index is 0.198. The summed E-state index contributed by atoms with van der Waals surface area (Å²) in [7, 11) is 0. The van der Waals surface area contributed by atoms with Gasteiger partial charge in [0.05, 0.1) is 39.6 Å². The Kier molecular flexibility index (Phi) is 12.4. The first-order chi connectivity index (χ1) is 19.7. The maximum Gasteiger partial charge on any atom is 0.407 e. The number of hydrogen-bond acceptors (Lipinski definition) is 8. The molecular formula is C31H37NO8. The van der Waals surface area contributed by atoms with E-state index in [0.29, 0.717) is 26.4 Å². The van der Waals surface area contributed by atoms with E-state index in [1.807, 2.05) is 91.0 Å². The molecule has 0 bridgehead atoms. The van der Waals surface area contributed by atoms with E-state index in [1.165, 1.54) is 0 Å². The summed E-state index contributed by atoms with van der Waals surface area (Å²) in [5, 5.41) is 13.6. The molecule has 214 valence electrons. The minimum Gasteiger partial charge on any atom is -0.445 e. The first kappa shape index (κ1) is 29.7. The number of carbonyl (C=O) groups is 1. The van der Waals surface area contributed by atoms with Crippen molar-refractivity contribution in [2.24, 2.45) is 0 Å². The van der Waals surface area contributed by atoms with Crippen molar-refractivity contribution in [2.45, 2.75) is 44.4 Å². The number of amides is 1. The number of rotatable bonds is 16. The van der Waals surface area contributed by atoms with Crippen LogP contribution in [0.3, 0.4) is 0 Å². The van der Waals surface area contributed by atoms with E-state index in [9.17, 15) is 9.90 Å². The lowest BCUT2D eigenvalue weighted by Crippen LogP contribution is -2.37. The van der Waals surface area contributed by atoms with Crippen molar-refractivity contribution in [3.63, 3.8) is 0 Å². The molecule has 3 aromatic rings. The van der Waals surface area contributed by atoms with Gasteiger partial charge in [-0.2, -0.15) is 0 Å². The molecule has 0 radical (unpaired) electrons. The third-order valence-electron chi connectivity index (χ3n) is 6.21. The van der Waals surface area contributed by atoms with E-state index in [4.69, 9.17) is 28.4 Å². The summed E-state index contributed by atoms with van der Waals surface area (Å²) in [6.07, 6.45) is -3.49. The second-order valence-electron chi connectivity index (χ2n) is 9.27. The highest BCUT2D eigenvalue weighted by molar-refractivity contribution is 5.67. The zero-order valence-corrected chi connectivity index (χ0v) is 22.4. The largest absolute Gasteiger partial charge is 0.445 e. The van der Waals surface area contributed by atoms with Gasteiger partial charge in [0.25, 0.3) is 0 Å². The molecule has 1 saturated heterocycles. The molecule has 1 amide bonds. The van der Waals surface area contributed by atoms with Crippen LogP contribution in [-0.4, -0.2) is 68.8 Å². The Morgan fingerprint density at radius 1 is 0.725 bits per heavy atom. The number of carbonyl (C=O) groups excluding carboxylic acids is 1. The average Bonchev–Trinajstić information content (AvgIpc) is 3.29. The molecule has 1 aliphatic heterocycles. The van der Waals surface area contributed by atoms with Crippen LogP contribution in [-0.2, 0) is 48.2 Å². The third kappa shape index (κ3) is 10.0. The van der Waals surface area contributed by atoms with Gasteiger partial charge in [-0.25, -0.2) is 4.79 Å². The second kappa shape index (κ2) is 16.7. The predicted molar refractivity (Wildman–Crippen MR) is 147 cm³/mol. The Labute approximate surface area is 234 Å². The zero-order chi connectivity index (χ0) is 27.8. The molecule has 4 atom stereocenters. The molecule has 0 aromatic heterocycles. The van der Waals surface area contributed by atoms with Gasteiger partial charge >= 0.3 is 6.09 Å². The van der Waals surface area contributed by atoms with Gasteiger partial charge < -0.3 is 38.8 Å². The molecule has 0 unspecified atom stereocenters. The summed E-state index contributed by atoms with van der Waals surface area (Å²) < 4.78 is 34.4. The quantitative estimate of drug-likeness (QED) is 0.259. The van der Waals surface area contributed by atoms with Crippen LogP contribution >= 0.6 is 0 Å². The highest BCUT2D eigenvalue weighted by atomic mass is 16.7. The molecule has 40 heavy (non-hydrogen) atoms. The number of benzene rings is 3. The fourth-order valence-electron chi connectivity index (χ4n) is 4.11. The summed E-state index contributed by atoms with van der Waals surface area (Å²) in [5.74, 6) is 0. The van der Waals surface area contributed by atoms with Gasteiger partial charge in [-0.3, -0.25) is 0 Å². The van der Waals surface area contributed by atoms with Gasteiger partial charge in [-0.05, 0) is 16.7 Å². The number of aliphatic hydroxyl groups excluding tert-OH is 1. The molecule has 0 saturated carbocycles. The zero-order valence-electron chi connectivity index (χ0n) is 22.4. The molecular weight excluding hydrogens is 514 g/mol. The number of nitrogens with one attached hydrogen (secondary N) is 1. The fourth-order valence-corrected chi connectivity index (χ4v) is 4.11. The van der Waals surface area contributed by atoms with E-state index >= 15 is 0 Å². The molecule has 1 aliphatic rings. The molecule has 0 spiro atoms. The van der Waals surface area contributed by atoms with Gasteiger partial charge in [0.1, 0.15) is 24.9 Å². The van der Waals surface area contributed by atoms with Crippen LogP contribution in [0.5, 0.6) is 0 Å². The highest BCUT2D eigenvalue weighted by Crippen LogP contribution is 2.26. The molecule has 9 heteroatoms. The number of aliphatic hydroxyl groups is 1. The van der Waals surface area contributed by atoms with E-state index in [0.717, 1.165) is 16.7 Å². The maximum atomic E-state index is 11.8. The Morgan fingerprint density at radius 3 is 1.98 bits per heavy atom. The minimum atomic E-state index is -0.920. The van der Waals surface area contributed by atoms with E-state index < -0.39 is 30.7 Å². The maximum absolute atomic E-state index is 11.8. The average molecular weight is 552 g/mol. The highest BCUT2D eigenvalue weighted by Gasteiger charge is 2.45. The summed E-state index contributed by atoms with van der Waals surface area (Å²) in [5.41, 5.74) is 2.94. The Balaban J connectivity index is 1.15. The lowest BCUT2D eigenvalue weighted by atomic mass is 10.1. The van der Waals surface area contributed by atoms with Crippen LogP contribution in [0.25, 0.3) is 0 Å². The number of alkyl carbamates (subject to hydrolysis) is 1. The topological polar surface area (TPSA) is 105 Å². The second-order valence-corrected chi connectivity index (χ2v) is 9.27. The normalized spacial score (nSPS) is 20.3. The molecule has 1 fully saturated rings.